The first-order valence-corrected chi connectivity index (χ1v) is 7.10. The lowest BCUT2D eigenvalue weighted by molar-refractivity contribution is -0.131. The quantitative estimate of drug-likeness (QED) is 0.807. The number of piperazine rings is 1. The highest BCUT2D eigenvalue weighted by Crippen LogP contribution is 2.33. The summed E-state index contributed by atoms with van der Waals surface area (Å²) < 4.78 is 0. The summed E-state index contributed by atoms with van der Waals surface area (Å²) in [6.07, 6.45) is 4.01. The van der Waals surface area contributed by atoms with Crippen LogP contribution in [0.2, 0.25) is 0 Å². The van der Waals surface area contributed by atoms with Crippen molar-refractivity contribution in [1.29, 1.82) is 5.26 Å². The van der Waals surface area contributed by atoms with Crippen molar-refractivity contribution in [3.63, 3.8) is 0 Å². The van der Waals surface area contributed by atoms with Gasteiger partial charge in [0.15, 0.2) is 0 Å². The van der Waals surface area contributed by atoms with Crippen LogP contribution >= 0.6 is 0 Å². The minimum Gasteiger partial charge on any atom is -0.353 e. The molecule has 4 nitrogen and oxygen atoms in total. The highest BCUT2D eigenvalue weighted by Gasteiger charge is 2.39. The highest BCUT2D eigenvalue weighted by molar-refractivity contribution is 5.82. The maximum absolute atomic E-state index is 11.9. The molecule has 1 N–H and O–H groups in total. The molecule has 100 valence electrons. The third-order valence-corrected chi connectivity index (χ3v) is 4.43. The van der Waals surface area contributed by atoms with E-state index < -0.39 is 0 Å². The van der Waals surface area contributed by atoms with Crippen molar-refractivity contribution < 1.29 is 4.79 Å². The second-order valence-electron chi connectivity index (χ2n) is 5.67. The Bertz CT molecular complexity index is 349. The first kappa shape index (κ1) is 13.4. The number of amides is 1. The van der Waals surface area contributed by atoms with Gasteiger partial charge in [0.1, 0.15) is 0 Å². The van der Waals surface area contributed by atoms with Crippen LogP contribution in [0.3, 0.4) is 0 Å². The van der Waals surface area contributed by atoms with Crippen LogP contribution in [0.4, 0.5) is 0 Å². The summed E-state index contributed by atoms with van der Waals surface area (Å²) in [6.45, 7) is 5.92. The first-order chi connectivity index (χ1) is 8.67. The van der Waals surface area contributed by atoms with Crippen molar-refractivity contribution in [3.8, 4) is 6.07 Å². The topological polar surface area (TPSA) is 56.1 Å². The van der Waals surface area contributed by atoms with E-state index in [1.165, 1.54) is 0 Å². The second kappa shape index (κ2) is 5.71. The lowest BCUT2D eigenvalue weighted by Crippen LogP contribution is -2.60. The number of hydrogen-bond acceptors (Lipinski definition) is 3. The summed E-state index contributed by atoms with van der Waals surface area (Å²) in [4.78, 5) is 14.2. The molecule has 2 aliphatic rings. The molecule has 2 rings (SSSR count). The third-order valence-electron chi connectivity index (χ3n) is 4.43. The third kappa shape index (κ3) is 2.51. The molecule has 4 unspecified atom stereocenters. The predicted molar refractivity (Wildman–Crippen MR) is 69.7 cm³/mol. The highest BCUT2D eigenvalue weighted by atomic mass is 16.2. The van der Waals surface area contributed by atoms with Gasteiger partial charge in [-0.15, -0.1) is 0 Å². The Morgan fingerprint density at radius 1 is 1.50 bits per heavy atom. The fourth-order valence-corrected chi connectivity index (χ4v) is 3.42. The zero-order chi connectivity index (χ0) is 13.1. The minimum atomic E-state index is -0.0371. The molecule has 1 saturated heterocycles. The molecule has 1 amide bonds. The van der Waals surface area contributed by atoms with E-state index in [1.54, 1.807) is 0 Å². The van der Waals surface area contributed by atoms with Gasteiger partial charge >= 0.3 is 0 Å². The largest absolute Gasteiger partial charge is 0.353 e. The van der Waals surface area contributed by atoms with Crippen molar-refractivity contribution in [2.45, 2.75) is 51.6 Å². The SMILES string of the molecule is CCC1C(=O)NCCN1C1CC(C)CCC1C#N. The van der Waals surface area contributed by atoms with E-state index in [-0.39, 0.29) is 23.9 Å². The molecular formula is C14H23N3O. The van der Waals surface area contributed by atoms with Crippen LogP contribution in [0.15, 0.2) is 0 Å². The molecule has 0 aromatic carbocycles. The lowest BCUT2D eigenvalue weighted by atomic mass is 9.78. The monoisotopic (exact) mass is 249 g/mol. The van der Waals surface area contributed by atoms with Crippen molar-refractivity contribution in [2.75, 3.05) is 13.1 Å². The van der Waals surface area contributed by atoms with Crippen LogP contribution in [-0.4, -0.2) is 36.0 Å². The van der Waals surface area contributed by atoms with Crippen molar-refractivity contribution >= 4 is 5.91 Å². The molecule has 1 heterocycles. The Hall–Kier alpha value is -1.08. The van der Waals surface area contributed by atoms with E-state index >= 15 is 0 Å². The van der Waals surface area contributed by atoms with Crippen LogP contribution in [0.1, 0.15) is 39.5 Å². The molecule has 0 bridgehead atoms. The summed E-state index contributed by atoms with van der Waals surface area (Å²) in [6, 6.07) is 2.69. The summed E-state index contributed by atoms with van der Waals surface area (Å²) in [5.74, 6) is 0.905. The zero-order valence-electron chi connectivity index (χ0n) is 11.4. The van der Waals surface area contributed by atoms with E-state index in [0.717, 1.165) is 38.8 Å². The lowest BCUT2D eigenvalue weighted by Gasteiger charge is -2.44. The van der Waals surface area contributed by atoms with Gasteiger partial charge in [0, 0.05) is 19.1 Å². The van der Waals surface area contributed by atoms with Gasteiger partial charge < -0.3 is 5.32 Å². The average molecular weight is 249 g/mol. The fraction of sp³-hybridized carbons (Fsp3) is 0.857. The van der Waals surface area contributed by atoms with Crippen LogP contribution in [0.25, 0.3) is 0 Å². The van der Waals surface area contributed by atoms with Crippen molar-refractivity contribution in [3.05, 3.63) is 0 Å². The van der Waals surface area contributed by atoms with Gasteiger partial charge in [-0.05, 0) is 31.6 Å². The summed E-state index contributed by atoms with van der Waals surface area (Å²) >= 11 is 0. The van der Waals surface area contributed by atoms with Gasteiger partial charge in [-0.25, -0.2) is 0 Å². The Labute approximate surface area is 109 Å². The number of carbonyl (C=O) groups excluding carboxylic acids is 1. The molecule has 0 radical (unpaired) electrons. The van der Waals surface area contributed by atoms with Gasteiger partial charge in [0.2, 0.25) is 5.91 Å². The van der Waals surface area contributed by atoms with Crippen LogP contribution in [-0.2, 0) is 4.79 Å². The van der Waals surface area contributed by atoms with Crippen molar-refractivity contribution in [1.82, 2.24) is 10.2 Å². The van der Waals surface area contributed by atoms with Gasteiger partial charge in [0.25, 0.3) is 0 Å². The molecule has 0 aromatic heterocycles. The molecule has 0 spiro atoms. The van der Waals surface area contributed by atoms with Gasteiger partial charge in [-0.1, -0.05) is 13.8 Å². The zero-order valence-corrected chi connectivity index (χ0v) is 11.4. The number of nitriles is 1. The van der Waals surface area contributed by atoms with Gasteiger partial charge in [-0.3, -0.25) is 9.69 Å². The Kier molecular flexibility index (Phi) is 4.23. The Balaban J connectivity index is 2.16. The summed E-state index contributed by atoms with van der Waals surface area (Å²) in [5.41, 5.74) is 0. The molecule has 1 saturated carbocycles. The van der Waals surface area contributed by atoms with E-state index in [1.807, 2.05) is 0 Å². The van der Waals surface area contributed by atoms with E-state index in [9.17, 15) is 10.1 Å². The van der Waals surface area contributed by atoms with Crippen molar-refractivity contribution in [2.24, 2.45) is 11.8 Å². The predicted octanol–water partition coefficient (Wildman–Crippen LogP) is 1.53. The number of nitrogens with one attached hydrogen (secondary N) is 1. The first-order valence-electron chi connectivity index (χ1n) is 7.10. The maximum Gasteiger partial charge on any atom is 0.237 e. The second-order valence-corrected chi connectivity index (χ2v) is 5.67. The summed E-state index contributed by atoms with van der Waals surface area (Å²) in [7, 11) is 0. The fourth-order valence-electron chi connectivity index (χ4n) is 3.42. The van der Waals surface area contributed by atoms with E-state index in [2.05, 4.69) is 30.1 Å². The van der Waals surface area contributed by atoms with E-state index in [0.29, 0.717) is 5.92 Å². The van der Waals surface area contributed by atoms with Crippen LogP contribution in [0.5, 0.6) is 0 Å². The smallest absolute Gasteiger partial charge is 0.237 e. The minimum absolute atomic E-state index is 0.0371. The number of nitrogens with zero attached hydrogens (tertiary/aromatic N) is 2. The molecule has 1 aliphatic heterocycles. The van der Waals surface area contributed by atoms with Gasteiger partial charge in [-0.2, -0.15) is 5.26 Å². The number of hydrogen-bond donors (Lipinski definition) is 1. The molecule has 2 fully saturated rings. The number of carbonyl (C=O) groups is 1. The van der Waals surface area contributed by atoms with E-state index in [4.69, 9.17) is 0 Å². The maximum atomic E-state index is 11.9. The molecular weight excluding hydrogens is 226 g/mol. The Morgan fingerprint density at radius 3 is 2.94 bits per heavy atom. The Morgan fingerprint density at radius 2 is 2.28 bits per heavy atom. The molecule has 4 heteroatoms. The molecule has 0 aromatic rings. The van der Waals surface area contributed by atoms with Crippen LogP contribution < -0.4 is 5.32 Å². The summed E-state index contributed by atoms with van der Waals surface area (Å²) in [5, 5.41) is 12.3. The molecule has 1 aliphatic carbocycles. The molecule has 18 heavy (non-hydrogen) atoms. The standard InChI is InChI=1S/C14H23N3O/c1-3-12-14(18)16-6-7-17(12)13-8-10(2)4-5-11(13)9-15/h10-13H,3-8H2,1-2H3,(H,16,18). The number of rotatable bonds is 2. The normalized spacial score (nSPS) is 37.9. The average Bonchev–Trinajstić information content (AvgIpc) is 2.38. The van der Waals surface area contributed by atoms with Crippen LogP contribution in [0, 0.1) is 23.2 Å². The van der Waals surface area contributed by atoms with Gasteiger partial charge in [0.05, 0.1) is 18.0 Å². The molecule has 4 atom stereocenters.